The predicted octanol–water partition coefficient (Wildman–Crippen LogP) is 2.75. The first-order valence-corrected chi connectivity index (χ1v) is 8.16. The summed E-state index contributed by atoms with van der Waals surface area (Å²) in [5.74, 6) is -4.16. The van der Waals surface area contributed by atoms with Gasteiger partial charge in [-0.25, -0.2) is 13.6 Å². The third kappa shape index (κ3) is 3.80. The van der Waals surface area contributed by atoms with Gasteiger partial charge >= 0.3 is 5.97 Å². The summed E-state index contributed by atoms with van der Waals surface area (Å²) in [6.07, 6.45) is 0. The highest BCUT2D eigenvalue weighted by Gasteiger charge is 2.23. The summed E-state index contributed by atoms with van der Waals surface area (Å²) in [5.41, 5.74) is 5.58. The average Bonchev–Trinajstić information content (AvgIpc) is 3.02. The summed E-state index contributed by atoms with van der Waals surface area (Å²) in [4.78, 5) is 28.1. The quantitative estimate of drug-likeness (QED) is 0.647. The minimum atomic E-state index is -1.10. The van der Waals surface area contributed by atoms with Crippen LogP contribution in [0, 0.1) is 11.6 Å². The highest BCUT2D eigenvalue weighted by Crippen LogP contribution is 2.19. The first kappa shape index (κ1) is 19.0. The number of anilines is 3. The second kappa shape index (κ2) is 7.82. The molecule has 144 valence electrons. The number of nitrogens with two attached hydrogens (primary N) is 1. The van der Waals surface area contributed by atoms with Crippen molar-refractivity contribution in [1.29, 1.82) is 0 Å². The first-order chi connectivity index (χ1) is 13.4. The molecular formula is C18H15F2N5O3. The number of hydrogen-bond donors (Lipinski definition) is 2. The van der Waals surface area contributed by atoms with Crippen molar-refractivity contribution in [3.8, 4) is 0 Å². The molecule has 8 nitrogen and oxygen atoms in total. The van der Waals surface area contributed by atoms with E-state index in [2.05, 4.69) is 15.4 Å². The third-order valence-electron chi connectivity index (χ3n) is 3.63. The normalized spacial score (nSPS) is 10.5. The van der Waals surface area contributed by atoms with Crippen LogP contribution in [0.5, 0.6) is 0 Å². The fraction of sp³-hybridized carbons (Fsp3) is 0.111. The zero-order valence-electron chi connectivity index (χ0n) is 14.6. The summed E-state index contributed by atoms with van der Waals surface area (Å²) in [6, 6.07) is 9.32. The van der Waals surface area contributed by atoms with Gasteiger partial charge in [-0.15, -0.1) is 5.10 Å². The Kier molecular flexibility index (Phi) is 5.30. The van der Waals surface area contributed by atoms with Crippen LogP contribution in [0.3, 0.4) is 0 Å². The van der Waals surface area contributed by atoms with E-state index < -0.39 is 29.1 Å². The van der Waals surface area contributed by atoms with Crippen molar-refractivity contribution >= 4 is 29.5 Å². The maximum absolute atomic E-state index is 13.8. The van der Waals surface area contributed by atoms with Crippen LogP contribution < -0.4 is 11.1 Å². The molecule has 0 spiro atoms. The smallest absolute Gasteiger partial charge is 0.338 e. The fourth-order valence-electron chi connectivity index (χ4n) is 2.40. The Balaban J connectivity index is 1.86. The second-order valence-corrected chi connectivity index (χ2v) is 5.53. The Morgan fingerprint density at radius 1 is 1.18 bits per heavy atom. The third-order valence-corrected chi connectivity index (χ3v) is 3.63. The SMILES string of the molecule is CCOC(=O)c1cccc(Nc2nc(N)n(C(=O)c3c(F)cccc3F)n2)c1. The molecule has 0 saturated heterocycles. The summed E-state index contributed by atoms with van der Waals surface area (Å²) in [5, 5.41) is 6.61. The highest BCUT2D eigenvalue weighted by atomic mass is 19.1. The van der Waals surface area contributed by atoms with Crippen LogP contribution in [0.4, 0.5) is 26.4 Å². The van der Waals surface area contributed by atoms with Crippen molar-refractivity contribution < 1.29 is 23.1 Å². The van der Waals surface area contributed by atoms with Crippen molar-refractivity contribution in [2.45, 2.75) is 6.92 Å². The van der Waals surface area contributed by atoms with Crippen LogP contribution in [0.1, 0.15) is 27.6 Å². The molecule has 3 rings (SSSR count). The number of nitrogen functional groups attached to an aromatic ring is 1. The molecule has 0 bridgehead atoms. The maximum atomic E-state index is 13.8. The molecule has 1 heterocycles. The van der Waals surface area contributed by atoms with Gasteiger partial charge in [-0.05, 0) is 37.3 Å². The molecule has 3 aromatic rings. The van der Waals surface area contributed by atoms with Crippen LogP contribution in [0.2, 0.25) is 0 Å². The highest BCUT2D eigenvalue weighted by molar-refractivity contribution is 5.97. The Labute approximate surface area is 157 Å². The first-order valence-electron chi connectivity index (χ1n) is 8.16. The predicted molar refractivity (Wildman–Crippen MR) is 96.2 cm³/mol. The average molecular weight is 387 g/mol. The van der Waals surface area contributed by atoms with Crippen LogP contribution >= 0.6 is 0 Å². The van der Waals surface area contributed by atoms with Crippen LogP contribution in [-0.4, -0.2) is 33.2 Å². The molecule has 0 aliphatic rings. The zero-order chi connectivity index (χ0) is 20.3. The van der Waals surface area contributed by atoms with E-state index in [-0.39, 0.29) is 18.5 Å². The van der Waals surface area contributed by atoms with Gasteiger partial charge in [-0.3, -0.25) is 4.79 Å². The van der Waals surface area contributed by atoms with Crippen molar-refractivity contribution in [3.63, 3.8) is 0 Å². The summed E-state index contributed by atoms with van der Waals surface area (Å²) in [6.45, 7) is 1.92. The topological polar surface area (TPSA) is 112 Å². The lowest BCUT2D eigenvalue weighted by Crippen LogP contribution is -2.19. The molecule has 28 heavy (non-hydrogen) atoms. The maximum Gasteiger partial charge on any atom is 0.338 e. The van der Waals surface area contributed by atoms with Gasteiger partial charge in [-0.2, -0.15) is 9.67 Å². The van der Waals surface area contributed by atoms with Crippen molar-refractivity contribution in [2.75, 3.05) is 17.7 Å². The lowest BCUT2D eigenvalue weighted by molar-refractivity contribution is 0.0526. The number of nitrogens with zero attached hydrogens (tertiary/aromatic N) is 3. The van der Waals surface area contributed by atoms with E-state index in [4.69, 9.17) is 10.5 Å². The minimum absolute atomic E-state index is 0.0939. The van der Waals surface area contributed by atoms with Gasteiger partial charge in [0.25, 0.3) is 5.91 Å². The molecule has 0 atom stereocenters. The van der Waals surface area contributed by atoms with Crippen molar-refractivity contribution in [1.82, 2.24) is 14.8 Å². The number of carbonyl (C=O) groups is 2. The van der Waals surface area contributed by atoms with Gasteiger partial charge < -0.3 is 15.8 Å². The number of aromatic nitrogens is 3. The monoisotopic (exact) mass is 387 g/mol. The number of rotatable bonds is 5. The molecule has 0 unspecified atom stereocenters. The van der Waals surface area contributed by atoms with E-state index in [9.17, 15) is 18.4 Å². The van der Waals surface area contributed by atoms with E-state index in [0.29, 0.717) is 15.9 Å². The van der Waals surface area contributed by atoms with Gasteiger partial charge in [0.05, 0.1) is 12.2 Å². The summed E-state index contributed by atoms with van der Waals surface area (Å²) < 4.78 is 33.2. The van der Waals surface area contributed by atoms with Crippen LogP contribution in [-0.2, 0) is 4.74 Å². The van der Waals surface area contributed by atoms with Gasteiger partial charge in [0.1, 0.15) is 17.2 Å². The standard InChI is InChI=1S/C18H15F2N5O3/c1-2-28-16(27)10-5-3-6-11(9-10)22-18-23-17(21)25(24-18)15(26)14-12(19)7-4-8-13(14)20/h3-9H,2H2,1H3,(H3,21,22,23,24). The van der Waals surface area contributed by atoms with Gasteiger partial charge in [0, 0.05) is 5.69 Å². The number of benzene rings is 2. The number of nitrogens with one attached hydrogen (secondary N) is 1. The van der Waals surface area contributed by atoms with E-state index in [1.165, 1.54) is 6.07 Å². The molecule has 0 saturated carbocycles. The molecule has 0 radical (unpaired) electrons. The van der Waals surface area contributed by atoms with Gasteiger partial charge in [-0.1, -0.05) is 12.1 Å². The van der Waals surface area contributed by atoms with E-state index in [1.807, 2.05) is 0 Å². The lowest BCUT2D eigenvalue weighted by Gasteiger charge is -2.05. The number of esters is 1. The number of hydrogen-bond acceptors (Lipinski definition) is 7. The summed E-state index contributed by atoms with van der Waals surface area (Å²) in [7, 11) is 0. The Morgan fingerprint density at radius 3 is 2.54 bits per heavy atom. The molecule has 1 aromatic heterocycles. The molecule has 10 heteroatoms. The number of halogens is 2. The largest absolute Gasteiger partial charge is 0.462 e. The minimum Gasteiger partial charge on any atom is -0.462 e. The Morgan fingerprint density at radius 2 is 1.86 bits per heavy atom. The van der Waals surface area contributed by atoms with Crippen LogP contribution in [0.25, 0.3) is 0 Å². The van der Waals surface area contributed by atoms with E-state index in [0.717, 1.165) is 18.2 Å². The van der Waals surface area contributed by atoms with E-state index in [1.54, 1.807) is 25.1 Å². The molecule has 0 fully saturated rings. The summed E-state index contributed by atoms with van der Waals surface area (Å²) >= 11 is 0. The van der Waals surface area contributed by atoms with Crippen molar-refractivity contribution in [3.05, 3.63) is 65.2 Å². The van der Waals surface area contributed by atoms with Crippen LogP contribution in [0.15, 0.2) is 42.5 Å². The van der Waals surface area contributed by atoms with Crippen molar-refractivity contribution in [2.24, 2.45) is 0 Å². The molecule has 0 amide bonds. The molecule has 0 aliphatic heterocycles. The zero-order valence-corrected chi connectivity index (χ0v) is 14.6. The van der Waals surface area contributed by atoms with Gasteiger partial charge in [0.15, 0.2) is 0 Å². The Hall–Kier alpha value is -3.82. The fourth-order valence-corrected chi connectivity index (χ4v) is 2.40. The number of carbonyl (C=O) groups excluding carboxylic acids is 2. The molecule has 3 N–H and O–H groups in total. The lowest BCUT2D eigenvalue weighted by atomic mass is 10.2. The van der Waals surface area contributed by atoms with Gasteiger partial charge in [0.2, 0.25) is 11.9 Å². The molecule has 2 aromatic carbocycles. The second-order valence-electron chi connectivity index (χ2n) is 5.53. The number of ether oxygens (including phenoxy) is 1. The Bertz CT molecular complexity index is 1030. The molecule has 0 aliphatic carbocycles. The molecular weight excluding hydrogens is 372 g/mol. The van der Waals surface area contributed by atoms with E-state index >= 15 is 0 Å².